The highest BCUT2D eigenvalue weighted by Crippen LogP contribution is 2.38. The predicted octanol–water partition coefficient (Wildman–Crippen LogP) is 4.19. The molecule has 0 radical (unpaired) electrons. The van der Waals surface area contributed by atoms with E-state index >= 15 is 0 Å². The van der Waals surface area contributed by atoms with Crippen LogP contribution in [0.3, 0.4) is 0 Å². The molecule has 4 rings (SSSR count). The van der Waals surface area contributed by atoms with Crippen LogP contribution in [-0.2, 0) is 4.74 Å². The van der Waals surface area contributed by atoms with Crippen molar-refractivity contribution in [1.29, 1.82) is 0 Å². The lowest BCUT2D eigenvalue weighted by atomic mass is 9.94. The smallest absolute Gasteiger partial charge is 0.258 e. The number of nitrogens with one attached hydrogen (secondary N) is 1. The molecule has 0 fully saturated rings. The molecule has 1 unspecified atom stereocenters. The van der Waals surface area contributed by atoms with Gasteiger partial charge < -0.3 is 24.2 Å². The summed E-state index contributed by atoms with van der Waals surface area (Å²) in [5.41, 5.74) is 3.28. The Labute approximate surface area is 190 Å². The zero-order valence-electron chi connectivity index (χ0n) is 18.0. The van der Waals surface area contributed by atoms with Gasteiger partial charge in [-0.2, -0.15) is 4.98 Å². The molecule has 2 heterocycles. The largest absolute Gasteiger partial charge is 0.497 e. The van der Waals surface area contributed by atoms with E-state index in [0.29, 0.717) is 35.5 Å². The molecule has 166 valence electrons. The van der Waals surface area contributed by atoms with E-state index in [-0.39, 0.29) is 11.9 Å². The number of ether oxygens (including phenoxy) is 2. The molecular weight excluding hydrogens is 431 g/mol. The number of allylic oxidation sites excluding steroid dienone is 1. The number of aromatic nitrogens is 2. The molecule has 0 amide bonds. The van der Waals surface area contributed by atoms with Gasteiger partial charge in [-0.25, -0.2) is 4.39 Å². The maximum absolute atomic E-state index is 13.3. The Morgan fingerprint density at radius 2 is 1.97 bits per heavy atom. The minimum Gasteiger partial charge on any atom is -0.497 e. The Balaban J connectivity index is 1.80. The van der Waals surface area contributed by atoms with Crippen LogP contribution in [-0.4, -0.2) is 47.5 Å². The van der Waals surface area contributed by atoms with E-state index in [2.05, 4.69) is 15.5 Å². The molecule has 1 atom stereocenters. The van der Waals surface area contributed by atoms with Crippen molar-refractivity contribution in [1.82, 2.24) is 20.4 Å². The average molecular weight is 455 g/mol. The van der Waals surface area contributed by atoms with Crippen molar-refractivity contribution < 1.29 is 18.4 Å². The van der Waals surface area contributed by atoms with Gasteiger partial charge in [-0.3, -0.25) is 0 Å². The van der Waals surface area contributed by atoms with Crippen molar-refractivity contribution in [2.75, 3.05) is 27.4 Å². The maximum atomic E-state index is 13.3. The summed E-state index contributed by atoms with van der Waals surface area (Å²) in [6.07, 6.45) is 0. The Morgan fingerprint density at radius 3 is 2.69 bits per heavy atom. The minimum atomic E-state index is -0.326. The summed E-state index contributed by atoms with van der Waals surface area (Å²) in [5.74, 6) is 1.13. The van der Waals surface area contributed by atoms with Gasteiger partial charge >= 0.3 is 0 Å². The molecule has 1 N–H and O–H groups in total. The number of hydrogen-bond donors (Lipinski definition) is 1. The van der Waals surface area contributed by atoms with Crippen LogP contribution in [0.25, 0.3) is 17.0 Å². The Morgan fingerprint density at radius 1 is 1.19 bits per heavy atom. The van der Waals surface area contributed by atoms with Crippen molar-refractivity contribution in [2.24, 2.45) is 0 Å². The molecule has 7 nitrogen and oxygen atoms in total. The standard InChI is InChI=1S/C23H23FN4O3S/c1-14-19(22-26-21(27-31-22)15-7-9-17(24)10-8-15)20(16-5-4-6-18(13-16)30-3)25-23(32)28(14)11-12-29-2/h4-10,13,20H,11-12H2,1-3H3,(H,25,32). The normalized spacial score (nSPS) is 16.3. The van der Waals surface area contributed by atoms with Crippen molar-refractivity contribution >= 4 is 22.9 Å². The molecule has 1 aromatic heterocycles. The zero-order valence-corrected chi connectivity index (χ0v) is 18.8. The number of halogens is 1. The molecule has 32 heavy (non-hydrogen) atoms. The summed E-state index contributed by atoms with van der Waals surface area (Å²) in [7, 11) is 3.27. The number of methoxy groups -OCH3 is 2. The molecule has 0 aliphatic carbocycles. The van der Waals surface area contributed by atoms with Crippen LogP contribution in [0.1, 0.15) is 24.4 Å². The van der Waals surface area contributed by atoms with Crippen molar-refractivity contribution in [3.63, 3.8) is 0 Å². The second-order valence-electron chi connectivity index (χ2n) is 7.23. The molecule has 9 heteroatoms. The summed E-state index contributed by atoms with van der Waals surface area (Å²) < 4.78 is 29.6. The van der Waals surface area contributed by atoms with Crippen molar-refractivity contribution in [3.8, 4) is 17.1 Å². The van der Waals surface area contributed by atoms with Crippen LogP contribution >= 0.6 is 12.2 Å². The lowest BCUT2D eigenvalue weighted by molar-refractivity contribution is 0.183. The number of benzene rings is 2. The summed E-state index contributed by atoms with van der Waals surface area (Å²) >= 11 is 5.64. The van der Waals surface area contributed by atoms with E-state index in [1.54, 1.807) is 26.4 Å². The monoisotopic (exact) mass is 454 g/mol. The molecule has 0 spiro atoms. The summed E-state index contributed by atoms with van der Waals surface area (Å²) in [6.45, 7) is 3.04. The SMILES string of the molecule is COCCN1C(=S)NC(c2cccc(OC)c2)C(c2nc(-c3ccc(F)cc3)no2)=C1C. The van der Waals surface area contributed by atoms with E-state index < -0.39 is 0 Å². The third kappa shape index (κ3) is 4.35. The predicted molar refractivity (Wildman–Crippen MR) is 122 cm³/mol. The van der Waals surface area contributed by atoms with Gasteiger partial charge in [-0.05, 0) is 61.1 Å². The summed E-state index contributed by atoms with van der Waals surface area (Å²) in [4.78, 5) is 6.56. The zero-order chi connectivity index (χ0) is 22.7. The highest BCUT2D eigenvalue weighted by atomic mass is 32.1. The van der Waals surface area contributed by atoms with Gasteiger partial charge in [-0.1, -0.05) is 17.3 Å². The Hall–Kier alpha value is -3.30. The fourth-order valence-electron chi connectivity index (χ4n) is 3.63. The van der Waals surface area contributed by atoms with E-state index in [1.807, 2.05) is 36.1 Å². The molecule has 3 aromatic rings. The summed E-state index contributed by atoms with van der Waals surface area (Å²) in [5, 5.41) is 8.09. The third-order valence-electron chi connectivity index (χ3n) is 5.30. The lowest BCUT2D eigenvalue weighted by Crippen LogP contribution is -2.47. The molecule has 0 bridgehead atoms. The van der Waals surface area contributed by atoms with Crippen molar-refractivity contribution in [3.05, 3.63) is 71.5 Å². The first-order chi connectivity index (χ1) is 15.5. The Kier molecular flexibility index (Phi) is 6.48. The fourth-order valence-corrected chi connectivity index (χ4v) is 3.98. The first kappa shape index (κ1) is 21.9. The molecule has 2 aromatic carbocycles. The van der Waals surface area contributed by atoms with E-state index in [9.17, 15) is 4.39 Å². The molecule has 0 saturated carbocycles. The first-order valence-electron chi connectivity index (χ1n) is 10.0. The lowest BCUT2D eigenvalue weighted by Gasteiger charge is -2.37. The van der Waals surface area contributed by atoms with Crippen LogP contribution in [0, 0.1) is 5.82 Å². The quantitative estimate of drug-likeness (QED) is 0.533. The molecule has 1 aliphatic heterocycles. The minimum absolute atomic E-state index is 0.321. The average Bonchev–Trinajstić information content (AvgIpc) is 3.28. The molecule has 0 saturated heterocycles. The first-order valence-corrected chi connectivity index (χ1v) is 10.4. The maximum Gasteiger partial charge on any atom is 0.258 e. The van der Waals surface area contributed by atoms with Crippen molar-refractivity contribution in [2.45, 2.75) is 13.0 Å². The highest BCUT2D eigenvalue weighted by molar-refractivity contribution is 7.80. The number of nitrogens with zero attached hydrogens (tertiary/aromatic N) is 3. The number of hydrogen-bond acceptors (Lipinski definition) is 6. The van der Waals surface area contributed by atoms with Gasteiger partial charge in [0, 0.05) is 24.9 Å². The van der Waals surface area contributed by atoms with Crippen LogP contribution in [0.15, 0.2) is 58.8 Å². The highest BCUT2D eigenvalue weighted by Gasteiger charge is 2.34. The van der Waals surface area contributed by atoms with Crippen LogP contribution in [0.4, 0.5) is 4.39 Å². The fraction of sp³-hybridized carbons (Fsp3) is 0.261. The second kappa shape index (κ2) is 9.46. The molecule has 1 aliphatic rings. The van der Waals surface area contributed by atoms with Gasteiger partial charge in [0.2, 0.25) is 5.82 Å². The second-order valence-corrected chi connectivity index (χ2v) is 7.62. The van der Waals surface area contributed by atoms with Gasteiger partial charge in [0.15, 0.2) is 5.11 Å². The van der Waals surface area contributed by atoms with Gasteiger partial charge in [0.25, 0.3) is 5.89 Å². The van der Waals surface area contributed by atoms with Gasteiger partial charge in [-0.15, -0.1) is 0 Å². The van der Waals surface area contributed by atoms with E-state index in [1.165, 1.54) is 12.1 Å². The van der Waals surface area contributed by atoms with Crippen LogP contribution in [0.2, 0.25) is 0 Å². The van der Waals surface area contributed by atoms with E-state index in [0.717, 1.165) is 22.6 Å². The van der Waals surface area contributed by atoms with Crippen LogP contribution < -0.4 is 10.1 Å². The van der Waals surface area contributed by atoms with Gasteiger partial charge in [0.1, 0.15) is 11.6 Å². The van der Waals surface area contributed by atoms with E-state index in [4.69, 9.17) is 26.2 Å². The number of rotatable bonds is 7. The third-order valence-corrected chi connectivity index (χ3v) is 5.64. The van der Waals surface area contributed by atoms with Gasteiger partial charge in [0.05, 0.1) is 25.3 Å². The Bertz CT molecular complexity index is 1150. The number of thiocarbonyl (C=S) groups is 1. The topological polar surface area (TPSA) is 72.7 Å². The molecular formula is C23H23FN4O3S. The summed E-state index contributed by atoms with van der Waals surface area (Å²) in [6, 6.07) is 13.4. The van der Waals surface area contributed by atoms with Crippen LogP contribution in [0.5, 0.6) is 5.75 Å².